The molecule has 0 aliphatic rings. The fraction of sp³-hybridized carbons (Fsp3) is 0.0667. The molecule has 0 saturated carbocycles. The maximum absolute atomic E-state index is 13.4. The molecule has 2 aromatic rings. The van der Waals surface area contributed by atoms with Crippen LogP contribution in [0.3, 0.4) is 0 Å². The number of carbonyl (C=O) groups is 2. The molecule has 2 amide bonds. The fourth-order valence-corrected chi connectivity index (χ4v) is 1.69. The molecule has 0 fully saturated rings. The summed E-state index contributed by atoms with van der Waals surface area (Å²) in [5.74, 6) is -1.92. The van der Waals surface area contributed by atoms with Crippen LogP contribution in [0.4, 0.5) is 25.0 Å². The van der Waals surface area contributed by atoms with Gasteiger partial charge in [0, 0.05) is 11.8 Å². The van der Waals surface area contributed by atoms with Crippen molar-refractivity contribution in [2.24, 2.45) is 0 Å². The SMILES string of the molecule is COC(=O)c1ccc(NC(=O)Nc2cc(F)ccc2F)cc1. The van der Waals surface area contributed by atoms with E-state index in [0.717, 1.165) is 18.2 Å². The normalized spacial score (nSPS) is 9.95. The van der Waals surface area contributed by atoms with Crippen LogP contribution in [0.2, 0.25) is 0 Å². The second kappa shape index (κ2) is 6.66. The zero-order chi connectivity index (χ0) is 16.1. The third-order valence-electron chi connectivity index (χ3n) is 2.74. The Bertz CT molecular complexity index is 702. The lowest BCUT2D eigenvalue weighted by Gasteiger charge is -2.09. The number of anilines is 2. The van der Waals surface area contributed by atoms with Crippen molar-refractivity contribution < 1.29 is 23.1 Å². The minimum absolute atomic E-state index is 0.274. The predicted molar refractivity (Wildman–Crippen MR) is 76.8 cm³/mol. The Morgan fingerprint density at radius 2 is 1.68 bits per heavy atom. The molecular weight excluding hydrogens is 294 g/mol. The number of nitrogens with one attached hydrogen (secondary N) is 2. The second-order valence-electron chi connectivity index (χ2n) is 4.27. The zero-order valence-electron chi connectivity index (χ0n) is 11.5. The number of amides is 2. The topological polar surface area (TPSA) is 67.4 Å². The molecule has 0 aromatic heterocycles. The van der Waals surface area contributed by atoms with Crippen molar-refractivity contribution in [2.75, 3.05) is 17.7 Å². The van der Waals surface area contributed by atoms with Crippen LogP contribution in [0.5, 0.6) is 0 Å². The molecule has 22 heavy (non-hydrogen) atoms. The lowest BCUT2D eigenvalue weighted by atomic mass is 10.2. The van der Waals surface area contributed by atoms with E-state index in [-0.39, 0.29) is 5.69 Å². The van der Waals surface area contributed by atoms with Crippen molar-refractivity contribution in [3.63, 3.8) is 0 Å². The van der Waals surface area contributed by atoms with E-state index in [9.17, 15) is 18.4 Å². The molecule has 2 N–H and O–H groups in total. The maximum atomic E-state index is 13.4. The molecule has 0 saturated heterocycles. The number of ether oxygens (including phenoxy) is 1. The van der Waals surface area contributed by atoms with Crippen LogP contribution >= 0.6 is 0 Å². The van der Waals surface area contributed by atoms with Crippen molar-refractivity contribution in [3.05, 3.63) is 59.7 Å². The Hall–Kier alpha value is -2.96. The summed E-state index contributed by atoms with van der Waals surface area (Å²) in [5, 5.41) is 4.62. The first-order valence-electron chi connectivity index (χ1n) is 6.21. The smallest absolute Gasteiger partial charge is 0.337 e. The minimum Gasteiger partial charge on any atom is -0.465 e. The van der Waals surface area contributed by atoms with E-state index in [1.54, 1.807) is 0 Å². The van der Waals surface area contributed by atoms with Gasteiger partial charge in [-0.2, -0.15) is 0 Å². The van der Waals surface area contributed by atoms with Gasteiger partial charge in [-0.1, -0.05) is 0 Å². The minimum atomic E-state index is -0.752. The van der Waals surface area contributed by atoms with Gasteiger partial charge in [0.1, 0.15) is 11.6 Å². The standard InChI is InChI=1S/C15H12F2N2O3/c1-22-14(20)9-2-5-11(6-3-9)18-15(21)19-13-8-10(16)4-7-12(13)17/h2-8H,1H3,(H2,18,19,21). The average Bonchev–Trinajstić information content (AvgIpc) is 2.51. The second-order valence-corrected chi connectivity index (χ2v) is 4.27. The molecule has 0 heterocycles. The number of benzene rings is 2. The molecule has 7 heteroatoms. The van der Waals surface area contributed by atoms with Crippen LogP contribution in [0, 0.1) is 11.6 Å². The third kappa shape index (κ3) is 3.78. The van der Waals surface area contributed by atoms with Gasteiger partial charge in [0.2, 0.25) is 0 Å². The number of urea groups is 1. The molecule has 0 unspecified atom stereocenters. The number of methoxy groups -OCH3 is 1. The number of hydrogen-bond donors (Lipinski definition) is 2. The lowest BCUT2D eigenvalue weighted by molar-refractivity contribution is 0.0600. The maximum Gasteiger partial charge on any atom is 0.337 e. The molecular formula is C15H12F2N2O3. The first kappa shape index (κ1) is 15.4. The number of carbonyl (C=O) groups excluding carboxylic acids is 2. The summed E-state index contributed by atoms with van der Waals surface area (Å²) < 4.78 is 30.9. The van der Waals surface area contributed by atoms with Crippen molar-refractivity contribution in [2.45, 2.75) is 0 Å². The van der Waals surface area contributed by atoms with E-state index in [1.807, 2.05) is 0 Å². The van der Waals surface area contributed by atoms with E-state index >= 15 is 0 Å². The average molecular weight is 306 g/mol. The third-order valence-corrected chi connectivity index (χ3v) is 2.74. The summed E-state index contributed by atoms with van der Waals surface area (Å²) in [6.07, 6.45) is 0. The Morgan fingerprint density at radius 1 is 1.00 bits per heavy atom. The highest BCUT2D eigenvalue weighted by Crippen LogP contribution is 2.16. The highest BCUT2D eigenvalue weighted by molar-refractivity contribution is 6.00. The number of rotatable bonds is 3. The van der Waals surface area contributed by atoms with Crippen molar-refractivity contribution >= 4 is 23.4 Å². The van der Waals surface area contributed by atoms with Gasteiger partial charge in [0.25, 0.3) is 0 Å². The molecule has 0 spiro atoms. The van der Waals surface area contributed by atoms with Crippen LogP contribution in [-0.4, -0.2) is 19.1 Å². The Kier molecular flexibility index (Phi) is 4.67. The first-order chi connectivity index (χ1) is 10.5. The highest BCUT2D eigenvalue weighted by atomic mass is 19.1. The summed E-state index contributed by atoms with van der Waals surface area (Å²) in [5.41, 5.74) is 0.426. The molecule has 2 rings (SSSR count). The fourth-order valence-electron chi connectivity index (χ4n) is 1.69. The van der Waals surface area contributed by atoms with E-state index in [4.69, 9.17) is 0 Å². The molecule has 114 valence electrons. The van der Waals surface area contributed by atoms with E-state index in [1.165, 1.54) is 31.4 Å². The van der Waals surface area contributed by atoms with Crippen molar-refractivity contribution in [1.29, 1.82) is 0 Å². The van der Waals surface area contributed by atoms with E-state index in [2.05, 4.69) is 15.4 Å². The number of esters is 1. The Morgan fingerprint density at radius 3 is 2.32 bits per heavy atom. The summed E-state index contributed by atoms with van der Waals surface area (Å²) in [6, 6.07) is 7.88. The lowest BCUT2D eigenvalue weighted by Crippen LogP contribution is -2.20. The van der Waals surface area contributed by atoms with Gasteiger partial charge in [-0.3, -0.25) is 0 Å². The van der Waals surface area contributed by atoms with Crippen LogP contribution < -0.4 is 10.6 Å². The molecule has 2 aromatic carbocycles. The molecule has 0 radical (unpaired) electrons. The molecule has 0 atom stereocenters. The van der Waals surface area contributed by atoms with Crippen LogP contribution in [0.25, 0.3) is 0 Å². The van der Waals surface area contributed by atoms with Gasteiger partial charge in [-0.05, 0) is 36.4 Å². The summed E-state index contributed by atoms with van der Waals surface area (Å²) in [4.78, 5) is 23.0. The quantitative estimate of drug-likeness (QED) is 0.854. The molecule has 0 aliphatic heterocycles. The molecule has 0 bridgehead atoms. The monoisotopic (exact) mass is 306 g/mol. The summed E-state index contributed by atoms with van der Waals surface area (Å²) in [6.45, 7) is 0. The van der Waals surface area contributed by atoms with Crippen LogP contribution in [0.1, 0.15) is 10.4 Å². The van der Waals surface area contributed by atoms with Gasteiger partial charge in [0.05, 0.1) is 18.4 Å². The summed E-state index contributed by atoms with van der Waals surface area (Å²) >= 11 is 0. The van der Waals surface area contributed by atoms with E-state index < -0.39 is 23.6 Å². The van der Waals surface area contributed by atoms with Gasteiger partial charge >= 0.3 is 12.0 Å². The largest absolute Gasteiger partial charge is 0.465 e. The predicted octanol–water partition coefficient (Wildman–Crippen LogP) is 3.40. The molecule has 0 aliphatic carbocycles. The Balaban J connectivity index is 2.03. The number of halogens is 2. The van der Waals surface area contributed by atoms with Crippen LogP contribution in [-0.2, 0) is 4.74 Å². The van der Waals surface area contributed by atoms with Gasteiger partial charge in [-0.15, -0.1) is 0 Å². The summed E-state index contributed by atoms with van der Waals surface area (Å²) in [7, 11) is 1.26. The van der Waals surface area contributed by atoms with Gasteiger partial charge in [0.15, 0.2) is 0 Å². The van der Waals surface area contributed by atoms with Crippen LogP contribution in [0.15, 0.2) is 42.5 Å². The highest BCUT2D eigenvalue weighted by Gasteiger charge is 2.09. The van der Waals surface area contributed by atoms with Gasteiger partial charge < -0.3 is 15.4 Å². The first-order valence-corrected chi connectivity index (χ1v) is 6.21. The zero-order valence-corrected chi connectivity index (χ0v) is 11.5. The van der Waals surface area contributed by atoms with Gasteiger partial charge in [-0.25, -0.2) is 18.4 Å². The van der Waals surface area contributed by atoms with E-state index in [0.29, 0.717) is 11.3 Å². The Labute approximate surface area is 124 Å². The van der Waals surface area contributed by atoms with Crippen molar-refractivity contribution in [1.82, 2.24) is 0 Å². The number of hydrogen-bond acceptors (Lipinski definition) is 3. The van der Waals surface area contributed by atoms with Crippen molar-refractivity contribution in [3.8, 4) is 0 Å². The molecule has 5 nitrogen and oxygen atoms in total.